The summed E-state index contributed by atoms with van der Waals surface area (Å²) in [6, 6.07) is 6.23. The van der Waals surface area contributed by atoms with E-state index < -0.39 is 11.8 Å². The van der Waals surface area contributed by atoms with Gasteiger partial charge in [0.25, 0.3) is 0 Å². The molecule has 0 aromatic heterocycles. The van der Waals surface area contributed by atoms with E-state index in [1.807, 2.05) is 13.8 Å². The Balaban J connectivity index is 1.89. The van der Waals surface area contributed by atoms with Crippen LogP contribution in [0.1, 0.15) is 13.8 Å². The Morgan fingerprint density at radius 2 is 1.67 bits per heavy atom. The highest BCUT2D eigenvalue weighted by Gasteiger charge is 2.26. The highest BCUT2D eigenvalue weighted by Crippen LogP contribution is 2.16. The summed E-state index contributed by atoms with van der Waals surface area (Å²) < 4.78 is 12.9. The number of halogens is 1. The first kappa shape index (κ1) is 15.3. The minimum Gasteiger partial charge on any atom is -0.368 e. The number of amides is 2. The number of hydrogen-bond donors (Lipinski definition) is 1. The van der Waals surface area contributed by atoms with E-state index in [1.54, 1.807) is 17.0 Å². The highest BCUT2D eigenvalue weighted by atomic mass is 19.1. The molecule has 0 spiro atoms. The molecule has 1 saturated heterocycles. The second kappa shape index (κ2) is 6.56. The maximum Gasteiger partial charge on any atom is 0.312 e. The van der Waals surface area contributed by atoms with Gasteiger partial charge in [-0.25, -0.2) is 4.39 Å². The zero-order valence-corrected chi connectivity index (χ0v) is 12.3. The van der Waals surface area contributed by atoms with Crippen molar-refractivity contribution in [1.82, 2.24) is 10.2 Å². The molecular weight excluding hydrogens is 273 g/mol. The molecule has 1 N–H and O–H groups in total. The van der Waals surface area contributed by atoms with Gasteiger partial charge in [0.05, 0.1) is 0 Å². The molecule has 1 aliphatic heterocycles. The zero-order valence-electron chi connectivity index (χ0n) is 12.3. The molecule has 0 saturated carbocycles. The molecule has 0 radical (unpaired) electrons. The van der Waals surface area contributed by atoms with Crippen LogP contribution >= 0.6 is 0 Å². The molecule has 1 fully saturated rings. The molecule has 2 rings (SSSR count). The molecule has 6 heteroatoms. The highest BCUT2D eigenvalue weighted by molar-refractivity contribution is 6.35. The molecule has 0 bridgehead atoms. The topological polar surface area (TPSA) is 52.7 Å². The first-order valence-electron chi connectivity index (χ1n) is 7.07. The second-order valence-electron chi connectivity index (χ2n) is 5.38. The van der Waals surface area contributed by atoms with E-state index in [4.69, 9.17) is 0 Å². The van der Waals surface area contributed by atoms with Gasteiger partial charge in [-0.2, -0.15) is 0 Å². The first-order chi connectivity index (χ1) is 9.97. The van der Waals surface area contributed by atoms with Crippen LogP contribution in [0.5, 0.6) is 0 Å². The van der Waals surface area contributed by atoms with Crippen LogP contribution in [0.4, 0.5) is 10.1 Å². The Morgan fingerprint density at radius 3 is 2.19 bits per heavy atom. The van der Waals surface area contributed by atoms with Gasteiger partial charge in [-0.05, 0) is 38.1 Å². The molecule has 1 aliphatic rings. The summed E-state index contributed by atoms with van der Waals surface area (Å²) in [7, 11) is 0. The third-order valence-corrected chi connectivity index (χ3v) is 3.37. The van der Waals surface area contributed by atoms with E-state index in [0.717, 1.165) is 5.69 Å². The number of benzene rings is 1. The van der Waals surface area contributed by atoms with Crippen molar-refractivity contribution in [2.75, 3.05) is 31.1 Å². The van der Waals surface area contributed by atoms with Crippen molar-refractivity contribution in [2.45, 2.75) is 19.9 Å². The average Bonchev–Trinajstić information content (AvgIpc) is 2.47. The lowest BCUT2D eigenvalue weighted by Gasteiger charge is -2.35. The van der Waals surface area contributed by atoms with Gasteiger partial charge in [-0.1, -0.05) is 0 Å². The first-order valence-corrected chi connectivity index (χ1v) is 7.07. The normalized spacial score (nSPS) is 15.2. The van der Waals surface area contributed by atoms with E-state index in [9.17, 15) is 14.0 Å². The Kier molecular flexibility index (Phi) is 4.77. The lowest BCUT2D eigenvalue weighted by atomic mass is 10.2. The third kappa shape index (κ3) is 3.93. The minimum atomic E-state index is -0.555. The van der Waals surface area contributed by atoms with Gasteiger partial charge >= 0.3 is 11.8 Å². The summed E-state index contributed by atoms with van der Waals surface area (Å²) in [5, 5.41) is 2.60. The summed E-state index contributed by atoms with van der Waals surface area (Å²) in [5.74, 6) is -1.30. The molecule has 1 aromatic rings. The maximum atomic E-state index is 12.9. The number of anilines is 1. The molecule has 2 amide bonds. The van der Waals surface area contributed by atoms with Gasteiger partial charge in [-0.3, -0.25) is 9.59 Å². The fourth-order valence-corrected chi connectivity index (χ4v) is 2.29. The van der Waals surface area contributed by atoms with Crippen molar-refractivity contribution in [1.29, 1.82) is 0 Å². The maximum absolute atomic E-state index is 12.9. The van der Waals surface area contributed by atoms with Crippen LogP contribution in [0.3, 0.4) is 0 Å². The standard InChI is InChI=1S/C15H20FN3O2/c1-11(2)17-14(20)15(21)19-9-7-18(8-10-19)13-5-3-12(16)4-6-13/h3-6,11H,7-10H2,1-2H3,(H,17,20). The van der Waals surface area contributed by atoms with Crippen LogP contribution in [0.25, 0.3) is 0 Å². The van der Waals surface area contributed by atoms with Crippen molar-refractivity contribution in [3.05, 3.63) is 30.1 Å². The Hall–Kier alpha value is -2.11. The molecule has 21 heavy (non-hydrogen) atoms. The molecule has 1 aromatic carbocycles. The number of carbonyl (C=O) groups is 2. The minimum absolute atomic E-state index is 0.0537. The predicted octanol–water partition coefficient (Wildman–Crippen LogP) is 0.999. The van der Waals surface area contributed by atoms with E-state index in [1.165, 1.54) is 12.1 Å². The fraction of sp³-hybridized carbons (Fsp3) is 0.467. The lowest BCUT2D eigenvalue weighted by Crippen LogP contribution is -2.53. The van der Waals surface area contributed by atoms with Gasteiger partial charge in [0, 0.05) is 37.9 Å². The summed E-state index contributed by atoms with van der Waals surface area (Å²) in [4.78, 5) is 27.3. The number of carbonyl (C=O) groups excluding carboxylic acids is 2. The number of nitrogens with one attached hydrogen (secondary N) is 1. The van der Waals surface area contributed by atoms with E-state index in [2.05, 4.69) is 10.2 Å². The average molecular weight is 293 g/mol. The number of piperazine rings is 1. The van der Waals surface area contributed by atoms with Gasteiger partial charge in [-0.15, -0.1) is 0 Å². The van der Waals surface area contributed by atoms with Crippen molar-refractivity contribution in [3.63, 3.8) is 0 Å². The van der Waals surface area contributed by atoms with Crippen molar-refractivity contribution < 1.29 is 14.0 Å². The largest absolute Gasteiger partial charge is 0.368 e. The van der Waals surface area contributed by atoms with Crippen LogP contribution in [-0.4, -0.2) is 48.9 Å². The molecule has 5 nitrogen and oxygen atoms in total. The smallest absolute Gasteiger partial charge is 0.312 e. The van der Waals surface area contributed by atoms with Crippen LogP contribution in [0, 0.1) is 5.82 Å². The third-order valence-electron chi connectivity index (χ3n) is 3.37. The van der Waals surface area contributed by atoms with Gasteiger partial charge in [0.15, 0.2) is 0 Å². The van der Waals surface area contributed by atoms with Crippen LogP contribution < -0.4 is 10.2 Å². The zero-order chi connectivity index (χ0) is 15.4. The van der Waals surface area contributed by atoms with Crippen LogP contribution in [0.15, 0.2) is 24.3 Å². The summed E-state index contributed by atoms with van der Waals surface area (Å²) in [6.45, 7) is 5.87. The van der Waals surface area contributed by atoms with Crippen molar-refractivity contribution >= 4 is 17.5 Å². The lowest BCUT2D eigenvalue weighted by molar-refractivity contribution is -0.146. The second-order valence-corrected chi connectivity index (χ2v) is 5.38. The molecule has 0 atom stereocenters. The van der Waals surface area contributed by atoms with Gasteiger partial charge in [0.2, 0.25) is 0 Å². The van der Waals surface area contributed by atoms with E-state index in [-0.39, 0.29) is 11.9 Å². The number of hydrogen-bond acceptors (Lipinski definition) is 3. The summed E-state index contributed by atoms with van der Waals surface area (Å²) in [6.07, 6.45) is 0. The van der Waals surface area contributed by atoms with Crippen LogP contribution in [-0.2, 0) is 9.59 Å². The Labute approximate surface area is 123 Å². The van der Waals surface area contributed by atoms with E-state index >= 15 is 0 Å². The van der Waals surface area contributed by atoms with Crippen molar-refractivity contribution in [3.8, 4) is 0 Å². The summed E-state index contributed by atoms with van der Waals surface area (Å²) >= 11 is 0. The number of nitrogens with zero attached hydrogens (tertiary/aromatic N) is 2. The number of rotatable bonds is 2. The predicted molar refractivity (Wildman–Crippen MR) is 78.5 cm³/mol. The van der Waals surface area contributed by atoms with Gasteiger partial charge in [0.1, 0.15) is 5.82 Å². The summed E-state index contributed by atoms with van der Waals surface area (Å²) in [5.41, 5.74) is 0.926. The molecule has 1 heterocycles. The van der Waals surface area contributed by atoms with E-state index in [0.29, 0.717) is 26.2 Å². The van der Waals surface area contributed by atoms with Gasteiger partial charge < -0.3 is 15.1 Å². The fourth-order valence-electron chi connectivity index (χ4n) is 2.29. The quantitative estimate of drug-likeness (QED) is 0.828. The van der Waals surface area contributed by atoms with Crippen LogP contribution in [0.2, 0.25) is 0 Å². The Bertz CT molecular complexity index is 508. The molecular formula is C15H20FN3O2. The molecule has 0 aliphatic carbocycles. The van der Waals surface area contributed by atoms with Crippen molar-refractivity contribution in [2.24, 2.45) is 0 Å². The SMILES string of the molecule is CC(C)NC(=O)C(=O)N1CCN(c2ccc(F)cc2)CC1. The molecule has 114 valence electrons. The molecule has 0 unspecified atom stereocenters. The Morgan fingerprint density at radius 1 is 1.10 bits per heavy atom. The monoisotopic (exact) mass is 293 g/mol.